The van der Waals surface area contributed by atoms with Crippen LogP contribution in [0, 0.1) is 5.82 Å². The van der Waals surface area contributed by atoms with Crippen molar-refractivity contribution in [2.24, 2.45) is 10.9 Å². The minimum absolute atomic E-state index is 0.109. The number of nitrogens with two attached hydrogens (primary N) is 1. The van der Waals surface area contributed by atoms with Gasteiger partial charge in [-0.3, -0.25) is 0 Å². The van der Waals surface area contributed by atoms with E-state index in [2.05, 4.69) is 10.3 Å². The van der Waals surface area contributed by atoms with Gasteiger partial charge in [-0.25, -0.2) is 9.18 Å². The zero-order chi connectivity index (χ0) is 18.7. The molecule has 6 nitrogen and oxygen atoms in total. The Labute approximate surface area is 156 Å². The molecule has 0 bridgehead atoms. The van der Waals surface area contributed by atoms with Gasteiger partial charge in [0.25, 0.3) is 0 Å². The Kier molecular flexibility index (Phi) is 5.20. The minimum atomic E-state index is -0.879. The molecule has 0 amide bonds. The second kappa shape index (κ2) is 7.55. The molecule has 0 aliphatic rings. The predicted octanol–water partition coefficient (Wildman–Crippen LogP) is 4.26. The highest BCUT2D eigenvalue weighted by Crippen LogP contribution is 2.22. The molecule has 0 aliphatic heterocycles. The maximum absolute atomic E-state index is 12.9. The van der Waals surface area contributed by atoms with Crippen LogP contribution in [0.5, 0.6) is 0 Å². The van der Waals surface area contributed by atoms with E-state index in [0.717, 1.165) is 0 Å². The van der Waals surface area contributed by atoms with Crippen molar-refractivity contribution in [1.29, 1.82) is 0 Å². The highest BCUT2D eigenvalue weighted by atomic mass is 35.5. The van der Waals surface area contributed by atoms with Crippen molar-refractivity contribution in [3.8, 4) is 11.3 Å². The van der Waals surface area contributed by atoms with Crippen molar-refractivity contribution in [2.45, 2.75) is 0 Å². The molecule has 2 N–H and O–H groups in total. The van der Waals surface area contributed by atoms with Gasteiger partial charge in [-0.05, 0) is 42.5 Å². The first kappa shape index (κ1) is 17.9. The van der Waals surface area contributed by atoms with E-state index in [1.54, 1.807) is 12.1 Å². The number of rotatable bonds is 4. The summed E-state index contributed by atoms with van der Waals surface area (Å²) in [5.41, 5.74) is 6.53. The van der Waals surface area contributed by atoms with Crippen LogP contribution in [0.2, 0.25) is 10.0 Å². The molecule has 0 saturated carbocycles. The number of nitrogens with zero attached hydrogens (tertiary/aromatic N) is 2. The van der Waals surface area contributed by atoms with Gasteiger partial charge in [0.15, 0.2) is 17.3 Å². The van der Waals surface area contributed by atoms with Gasteiger partial charge in [-0.15, -0.1) is 0 Å². The first-order chi connectivity index (χ1) is 12.4. The molecule has 3 aromatic rings. The Hall–Kier alpha value is -2.90. The van der Waals surface area contributed by atoms with Crippen LogP contribution in [0.3, 0.4) is 0 Å². The molecule has 0 atom stereocenters. The number of hydrogen-bond acceptors (Lipinski definition) is 5. The van der Waals surface area contributed by atoms with Crippen LogP contribution in [0.1, 0.15) is 16.1 Å². The number of hydrogen-bond donors (Lipinski definition) is 1. The number of benzene rings is 2. The van der Waals surface area contributed by atoms with Crippen LogP contribution < -0.4 is 5.73 Å². The standard InChI is InChI=1S/C17H10Cl2FN3O3/c18-10-3-6-12(13(19)7-10)16(21)23-26-17(24)14-8-15(25-22-14)9-1-4-11(20)5-2-9/h1-8H,(H2,21,23). The van der Waals surface area contributed by atoms with Gasteiger partial charge in [-0.2, -0.15) is 0 Å². The fourth-order valence-electron chi connectivity index (χ4n) is 2.01. The quantitative estimate of drug-likeness (QED) is 0.309. The second-order valence-corrected chi connectivity index (χ2v) is 5.91. The average Bonchev–Trinajstić information content (AvgIpc) is 3.10. The maximum atomic E-state index is 12.9. The first-order valence-corrected chi connectivity index (χ1v) is 7.92. The number of aromatic nitrogens is 1. The minimum Gasteiger partial charge on any atom is -0.380 e. The Morgan fingerprint density at radius 3 is 2.58 bits per heavy atom. The fraction of sp³-hybridized carbons (Fsp3) is 0. The molecule has 0 unspecified atom stereocenters. The van der Waals surface area contributed by atoms with Crippen LogP contribution in [0.25, 0.3) is 11.3 Å². The molecule has 2 aromatic carbocycles. The summed E-state index contributed by atoms with van der Waals surface area (Å²) in [4.78, 5) is 16.7. The molecule has 0 saturated heterocycles. The van der Waals surface area contributed by atoms with Gasteiger partial charge in [0.05, 0.1) is 5.02 Å². The van der Waals surface area contributed by atoms with E-state index in [1.807, 2.05) is 0 Å². The van der Waals surface area contributed by atoms with Crippen molar-refractivity contribution in [3.63, 3.8) is 0 Å². The molecule has 0 spiro atoms. The Morgan fingerprint density at radius 1 is 1.15 bits per heavy atom. The number of halogens is 3. The van der Waals surface area contributed by atoms with Crippen LogP contribution >= 0.6 is 23.2 Å². The summed E-state index contributed by atoms with van der Waals surface area (Å²) in [6.45, 7) is 0. The Bertz CT molecular complexity index is 987. The second-order valence-electron chi connectivity index (χ2n) is 5.06. The molecule has 132 valence electrons. The van der Waals surface area contributed by atoms with Gasteiger partial charge in [0.1, 0.15) is 5.82 Å². The van der Waals surface area contributed by atoms with E-state index in [1.165, 1.54) is 36.4 Å². The first-order valence-electron chi connectivity index (χ1n) is 7.17. The van der Waals surface area contributed by atoms with Crippen LogP contribution in [0.4, 0.5) is 4.39 Å². The van der Waals surface area contributed by atoms with Crippen LogP contribution in [0.15, 0.2) is 58.2 Å². The van der Waals surface area contributed by atoms with Crippen molar-refractivity contribution in [2.75, 3.05) is 0 Å². The highest BCUT2D eigenvalue weighted by molar-refractivity contribution is 6.36. The lowest BCUT2D eigenvalue weighted by Gasteiger charge is -2.03. The fourth-order valence-corrected chi connectivity index (χ4v) is 2.51. The summed E-state index contributed by atoms with van der Waals surface area (Å²) >= 11 is 11.8. The van der Waals surface area contributed by atoms with Crippen LogP contribution in [-0.2, 0) is 4.84 Å². The van der Waals surface area contributed by atoms with E-state index in [0.29, 0.717) is 16.1 Å². The third-order valence-corrected chi connectivity index (χ3v) is 3.83. The van der Waals surface area contributed by atoms with E-state index < -0.39 is 11.8 Å². The third kappa shape index (κ3) is 4.01. The molecule has 0 radical (unpaired) electrons. The smallest absolute Gasteiger partial charge is 0.380 e. The lowest BCUT2D eigenvalue weighted by Crippen LogP contribution is -2.16. The van der Waals surface area contributed by atoms with Crippen molar-refractivity contribution in [1.82, 2.24) is 5.16 Å². The summed E-state index contributed by atoms with van der Waals surface area (Å²) < 4.78 is 18.0. The van der Waals surface area contributed by atoms with Crippen molar-refractivity contribution >= 4 is 35.0 Å². The zero-order valence-corrected chi connectivity index (χ0v) is 14.5. The maximum Gasteiger partial charge on any atom is 0.387 e. The van der Waals surface area contributed by atoms with E-state index in [9.17, 15) is 9.18 Å². The van der Waals surface area contributed by atoms with Gasteiger partial charge in [0, 0.05) is 22.2 Å². The van der Waals surface area contributed by atoms with Crippen molar-refractivity contribution < 1.29 is 18.5 Å². The van der Waals surface area contributed by atoms with E-state index in [4.69, 9.17) is 38.3 Å². The van der Waals surface area contributed by atoms with Gasteiger partial charge >= 0.3 is 5.97 Å². The highest BCUT2D eigenvalue weighted by Gasteiger charge is 2.16. The lowest BCUT2D eigenvalue weighted by molar-refractivity contribution is 0.0504. The molecule has 0 aliphatic carbocycles. The molecule has 9 heteroatoms. The topological polar surface area (TPSA) is 90.7 Å². The summed E-state index contributed by atoms with van der Waals surface area (Å²) in [6, 6.07) is 11.4. The Morgan fingerprint density at radius 2 is 1.88 bits per heavy atom. The average molecular weight is 394 g/mol. The lowest BCUT2D eigenvalue weighted by atomic mass is 10.1. The van der Waals surface area contributed by atoms with Crippen molar-refractivity contribution in [3.05, 3.63) is 75.7 Å². The zero-order valence-electron chi connectivity index (χ0n) is 12.9. The molecular weight excluding hydrogens is 384 g/mol. The van der Waals surface area contributed by atoms with Gasteiger partial charge in [-0.1, -0.05) is 33.5 Å². The van der Waals surface area contributed by atoms with Gasteiger partial charge in [0.2, 0.25) is 0 Å². The summed E-state index contributed by atoms with van der Waals surface area (Å²) in [7, 11) is 0. The summed E-state index contributed by atoms with van der Waals surface area (Å²) in [5, 5.41) is 7.83. The molecule has 1 heterocycles. The number of carbonyl (C=O) groups is 1. The van der Waals surface area contributed by atoms with Gasteiger partial charge < -0.3 is 15.1 Å². The monoisotopic (exact) mass is 393 g/mol. The largest absolute Gasteiger partial charge is 0.387 e. The number of oxime groups is 1. The van der Waals surface area contributed by atoms with Crippen LogP contribution in [-0.4, -0.2) is 17.0 Å². The van der Waals surface area contributed by atoms with E-state index >= 15 is 0 Å². The summed E-state index contributed by atoms with van der Waals surface area (Å²) in [6.07, 6.45) is 0. The third-order valence-electron chi connectivity index (χ3n) is 3.28. The molecule has 26 heavy (non-hydrogen) atoms. The predicted molar refractivity (Wildman–Crippen MR) is 94.5 cm³/mol. The number of amidine groups is 1. The summed E-state index contributed by atoms with van der Waals surface area (Å²) in [5.74, 6) is -1.11. The molecule has 3 rings (SSSR count). The molecular formula is C17H10Cl2FN3O3. The number of carbonyl (C=O) groups excluding carboxylic acids is 1. The van der Waals surface area contributed by atoms with E-state index in [-0.39, 0.29) is 22.3 Å². The molecule has 0 fully saturated rings. The SMILES string of the molecule is N/C(=N\OC(=O)c1cc(-c2ccc(F)cc2)on1)c1ccc(Cl)cc1Cl. The Balaban J connectivity index is 1.73. The normalized spacial score (nSPS) is 11.4. The molecule has 1 aromatic heterocycles.